The molecule has 2 aromatic carbocycles. The summed E-state index contributed by atoms with van der Waals surface area (Å²) in [6.07, 6.45) is 5.58. The number of likely N-dealkylation sites (tertiary alicyclic amines) is 2. The van der Waals surface area contributed by atoms with E-state index in [4.69, 9.17) is 0 Å². The first-order valence-electron chi connectivity index (χ1n) is 21.0. The summed E-state index contributed by atoms with van der Waals surface area (Å²) in [4.78, 5) is 48.3. The highest BCUT2D eigenvalue weighted by atomic mass is 16.2. The third kappa shape index (κ3) is 9.65. The van der Waals surface area contributed by atoms with Gasteiger partial charge in [-0.05, 0) is 74.2 Å². The number of amides is 2. The van der Waals surface area contributed by atoms with Crippen molar-refractivity contribution in [3.8, 4) is 12.1 Å². The van der Waals surface area contributed by atoms with Gasteiger partial charge in [0.25, 0.3) is 0 Å². The monoisotopic (exact) mass is 782 g/mol. The Morgan fingerprint density at radius 1 is 0.603 bits per heavy atom. The van der Waals surface area contributed by atoms with Crippen LogP contribution in [0, 0.1) is 34.5 Å². The van der Waals surface area contributed by atoms with E-state index in [1.54, 1.807) is 12.4 Å². The molecule has 12 heteroatoms. The second-order valence-electron chi connectivity index (χ2n) is 17.3. The van der Waals surface area contributed by atoms with E-state index in [1.165, 1.54) is 11.1 Å². The smallest absolute Gasteiger partial charge is 0.236 e. The molecule has 304 valence electrons. The van der Waals surface area contributed by atoms with Gasteiger partial charge in [0.1, 0.15) is 12.1 Å². The van der Waals surface area contributed by atoms with Crippen molar-refractivity contribution in [1.29, 1.82) is 10.5 Å². The average molecular weight is 783 g/mol. The van der Waals surface area contributed by atoms with Crippen LogP contribution in [0.3, 0.4) is 0 Å². The average Bonchev–Trinajstić information content (AvgIpc) is 3.24. The molecule has 0 radical (unpaired) electrons. The van der Waals surface area contributed by atoms with Crippen molar-refractivity contribution in [3.63, 3.8) is 0 Å². The Bertz CT molecular complexity index is 2010. The number of hydrogen-bond acceptors (Lipinski definition) is 10. The Labute approximate surface area is 343 Å². The van der Waals surface area contributed by atoms with Gasteiger partial charge in [-0.25, -0.2) is 0 Å². The minimum absolute atomic E-state index is 0.238. The first kappa shape index (κ1) is 41.2. The maximum absolute atomic E-state index is 13.0. The SMILES string of the molecule is C[C@@H]1C[C@@H](c2ccc(C#N)c3ncccc23)CN(C(=O)CN2CCN(C)CC2)C1.C[C@@H]1C[C@H](c2ccc(C#N)c3ncccc23)CN(C(=O)CN2CCN(C)CC2)C1. The van der Waals surface area contributed by atoms with Crippen molar-refractivity contribution in [2.45, 2.75) is 38.5 Å². The predicted molar refractivity (Wildman–Crippen MR) is 227 cm³/mol. The second kappa shape index (κ2) is 18.7. The highest BCUT2D eigenvalue weighted by Crippen LogP contribution is 2.36. The van der Waals surface area contributed by atoms with Crippen molar-refractivity contribution in [2.75, 3.05) is 106 Å². The fourth-order valence-corrected chi connectivity index (χ4v) is 9.44. The lowest BCUT2D eigenvalue weighted by molar-refractivity contribution is -0.135. The number of carbonyl (C=O) groups excluding carboxylic acids is 2. The molecule has 0 bridgehead atoms. The molecular formula is C46H58N10O2. The number of pyridine rings is 2. The van der Waals surface area contributed by atoms with Crippen molar-refractivity contribution in [2.24, 2.45) is 11.8 Å². The quantitative estimate of drug-likeness (QED) is 0.274. The normalized spacial score (nSPS) is 23.8. The van der Waals surface area contributed by atoms with Crippen LogP contribution in [0.1, 0.15) is 60.8 Å². The number of aromatic nitrogens is 2. The molecule has 12 nitrogen and oxygen atoms in total. The number of benzene rings is 2. The molecule has 2 aromatic heterocycles. The molecule has 2 amide bonds. The summed E-state index contributed by atoms with van der Waals surface area (Å²) < 4.78 is 0. The molecule has 0 aliphatic carbocycles. The van der Waals surface area contributed by atoms with E-state index in [0.29, 0.717) is 36.1 Å². The standard InChI is InChI=1S/2C23H29N5O/c2*1-17-12-19(20-6-5-18(13-24)23-21(20)4-3-7-25-23)15-28(14-17)22(29)16-27-10-8-26(2)9-11-27/h2*3-7,17,19H,8-12,14-16H2,1-2H3/t17-,19+;17-,19-/m11/s1. The highest BCUT2D eigenvalue weighted by molar-refractivity contribution is 5.89. The number of hydrogen-bond donors (Lipinski definition) is 0. The fourth-order valence-electron chi connectivity index (χ4n) is 9.44. The van der Waals surface area contributed by atoms with Crippen molar-refractivity contribution < 1.29 is 9.59 Å². The van der Waals surface area contributed by atoms with E-state index in [0.717, 1.165) is 113 Å². The van der Waals surface area contributed by atoms with E-state index in [9.17, 15) is 20.1 Å². The van der Waals surface area contributed by atoms with Gasteiger partial charge >= 0.3 is 0 Å². The lowest BCUT2D eigenvalue weighted by Crippen LogP contribution is -2.51. The molecule has 4 fully saturated rings. The number of piperidine rings is 2. The van der Waals surface area contributed by atoms with Gasteiger partial charge in [-0.3, -0.25) is 29.4 Å². The molecule has 4 aliphatic rings. The molecule has 4 saturated heterocycles. The van der Waals surface area contributed by atoms with Crippen LogP contribution < -0.4 is 0 Å². The molecule has 4 atom stereocenters. The fraction of sp³-hybridized carbons (Fsp3) is 0.522. The van der Waals surface area contributed by atoms with Crippen LogP contribution in [0.15, 0.2) is 60.9 Å². The van der Waals surface area contributed by atoms with Crippen LogP contribution in [0.4, 0.5) is 0 Å². The maximum Gasteiger partial charge on any atom is 0.236 e. The number of piperazine rings is 2. The van der Waals surface area contributed by atoms with E-state index in [1.807, 2.05) is 36.4 Å². The van der Waals surface area contributed by atoms with Crippen LogP contribution in [-0.2, 0) is 9.59 Å². The van der Waals surface area contributed by atoms with Crippen LogP contribution in [-0.4, -0.2) is 157 Å². The van der Waals surface area contributed by atoms with Crippen molar-refractivity contribution in [3.05, 3.63) is 83.2 Å². The molecule has 0 N–H and O–H groups in total. The van der Waals surface area contributed by atoms with Gasteiger partial charge in [0, 0.05) is 114 Å². The number of likely N-dealkylation sites (N-methyl/N-ethyl adjacent to an activating group) is 2. The van der Waals surface area contributed by atoms with E-state index >= 15 is 0 Å². The lowest BCUT2D eigenvalue weighted by atomic mass is 9.83. The van der Waals surface area contributed by atoms with Crippen LogP contribution in [0.2, 0.25) is 0 Å². The van der Waals surface area contributed by atoms with Gasteiger partial charge in [-0.15, -0.1) is 0 Å². The Morgan fingerprint density at radius 2 is 1.00 bits per heavy atom. The summed E-state index contributed by atoms with van der Waals surface area (Å²) in [5.41, 5.74) is 5.15. The zero-order valence-electron chi connectivity index (χ0n) is 34.7. The zero-order valence-corrected chi connectivity index (χ0v) is 34.7. The number of carbonyl (C=O) groups is 2. The maximum atomic E-state index is 13.0. The van der Waals surface area contributed by atoms with Gasteiger partial charge in [0.2, 0.25) is 11.8 Å². The van der Waals surface area contributed by atoms with Gasteiger partial charge in [0.05, 0.1) is 35.2 Å². The Kier molecular flexibility index (Phi) is 13.3. The van der Waals surface area contributed by atoms with E-state index < -0.39 is 0 Å². The van der Waals surface area contributed by atoms with Crippen molar-refractivity contribution in [1.82, 2.24) is 39.4 Å². The molecule has 4 aromatic rings. The molecule has 0 unspecified atom stereocenters. The number of rotatable bonds is 6. The van der Waals surface area contributed by atoms with Gasteiger partial charge in [-0.1, -0.05) is 38.1 Å². The number of fused-ring (bicyclic) bond motifs is 2. The lowest BCUT2D eigenvalue weighted by Gasteiger charge is -2.39. The first-order chi connectivity index (χ1) is 28.1. The summed E-state index contributed by atoms with van der Waals surface area (Å²) in [6.45, 7) is 16.6. The van der Waals surface area contributed by atoms with Crippen molar-refractivity contribution >= 4 is 33.6 Å². The Hall–Kier alpha value is -4.98. The van der Waals surface area contributed by atoms with E-state index in [-0.39, 0.29) is 23.7 Å². The molecule has 58 heavy (non-hydrogen) atoms. The van der Waals surface area contributed by atoms with Crippen LogP contribution in [0.25, 0.3) is 21.8 Å². The molecule has 6 heterocycles. The van der Waals surface area contributed by atoms with Gasteiger partial charge in [0.15, 0.2) is 0 Å². The number of nitrogens with zero attached hydrogens (tertiary/aromatic N) is 10. The minimum Gasteiger partial charge on any atom is -0.341 e. The number of nitriles is 2. The third-order valence-electron chi connectivity index (χ3n) is 12.7. The van der Waals surface area contributed by atoms with Crippen LogP contribution in [0.5, 0.6) is 0 Å². The summed E-state index contributed by atoms with van der Waals surface area (Å²) in [5.74, 6) is 1.92. The summed E-state index contributed by atoms with van der Waals surface area (Å²) >= 11 is 0. The minimum atomic E-state index is 0.238. The molecule has 0 spiro atoms. The zero-order chi connectivity index (χ0) is 40.8. The topological polar surface area (TPSA) is 127 Å². The summed E-state index contributed by atoms with van der Waals surface area (Å²) in [6, 6.07) is 20.3. The van der Waals surface area contributed by atoms with Gasteiger partial charge in [-0.2, -0.15) is 10.5 Å². The molecule has 0 saturated carbocycles. The molecule has 8 rings (SSSR count). The molecule has 4 aliphatic heterocycles. The van der Waals surface area contributed by atoms with Crippen LogP contribution >= 0.6 is 0 Å². The first-order valence-corrected chi connectivity index (χ1v) is 21.0. The van der Waals surface area contributed by atoms with E-state index in [2.05, 4.69) is 91.6 Å². The Balaban J connectivity index is 0.000000177. The second-order valence-corrected chi connectivity index (χ2v) is 17.3. The summed E-state index contributed by atoms with van der Waals surface area (Å²) in [5, 5.41) is 20.9. The third-order valence-corrected chi connectivity index (χ3v) is 12.7. The molecular weight excluding hydrogens is 725 g/mol. The summed E-state index contributed by atoms with van der Waals surface area (Å²) in [7, 11) is 4.26. The highest BCUT2D eigenvalue weighted by Gasteiger charge is 2.33. The van der Waals surface area contributed by atoms with Gasteiger partial charge < -0.3 is 19.6 Å². The largest absolute Gasteiger partial charge is 0.341 e. The Morgan fingerprint density at radius 3 is 1.38 bits per heavy atom. The predicted octanol–water partition coefficient (Wildman–Crippen LogP) is 4.61.